The highest BCUT2D eigenvalue weighted by molar-refractivity contribution is 5.99. The summed E-state index contributed by atoms with van der Waals surface area (Å²) in [6.45, 7) is 6.52. The summed E-state index contributed by atoms with van der Waals surface area (Å²) in [6, 6.07) is 19.8. The fraction of sp³-hybridized carbons (Fsp3) is 0.250. The van der Waals surface area contributed by atoms with E-state index in [2.05, 4.69) is 34.1 Å². The van der Waals surface area contributed by atoms with Crippen molar-refractivity contribution in [1.29, 1.82) is 0 Å². The smallest absolute Gasteiger partial charge is 0.251 e. The summed E-state index contributed by atoms with van der Waals surface area (Å²) >= 11 is 0. The summed E-state index contributed by atoms with van der Waals surface area (Å²) in [5.41, 5.74) is 3.10. The van der Waals surface area contributed by atoms with Crippen molar-refractivity contribution < 1.29 is 9.59 Å². The highest BCUT2D eigenvalue weighted by atomic mass is 16.2. The predicted molar refractivity (Wildman–Crippen MR) is 118 cm³/mol. The van der Waals surface area contributed by atoms with Crippen molar-refractivity contribution in [2.75, 3.05) is 11.9 Å². The van der Waals surface area contributed by atoms with Gasteiger partial charge in [-0.1, -0.05) is 62.4 Å². The number of nitrogens with one attached hydrogen (secondary N) is 3. The van der Waals surface area contributed by atoms with Crippen LogP contribution in [-0.2, 0) is 11.3 Å². The Morgan fingerprint density at radius 1 is 0.966 bits per heavy atom. The molecule has 3 aromatic carbocycles. The number of rotatable bonds is 7. The minimum absolute atomic E-state index is 0.135. The van der Waals surface area contributed by atoms with E-state index in [4.69, 9.17) is 0 Å². The molecule has 0 aliphatic rings. The molecule has 3 rings (SSSR count). The van der Waals surface area contributed by atoms with Crippen molar-refractivity contribution in [2.24, 2.45) is 0 Å². The molecular formula is C24H27N3O2. The first-order chi connectivity index (χ1) is 13.9. The van der Waals surface area contributed by atoms with Crippen LogP contribution in [0, 0.1) is 6.92 Å². The van der Waals surface area contributed by atoms with Crippen LogP contribution in [0.3, 0.4) is 0 Å². The summed E-state index contributed by atoms with van der Waals surface area (Å²) in [6.07, 6.45) is 0. The number of aryl methyl sites for hydroxylation is 1. The van der Waals surface area contributed by atoms with E-state index in [0.29, 0.717) is 17.8 Å². The van der Waals surface area contributed by atoms with Gasteiger partial charge in [0.15, 0.2) is 0 Å². The fourth-order valence-corrected chi connectivity index (χ4v) is 3.16. The van der Waals surface area contributed by atoms with E-state index in [9.17, 15) is 9.59 Å². The van der Waals surface area contributed by atoms with Crippen LogP contribution in [0.25, 0.3) is 10.8 Å². The maximum absolute atomic E-state index is 12.8. The lowest BCUT2D eigenvalue weighted by Gasteiger charge is -2.13. The quantitative estimate of drug-likeness (QED) is 0.572. The molecule has 0 aliphatic carbocycles. The predicted octanol–water partition coefficient (Wildman–Crippen LogP) is 4.01. The third-order valence-electron chi connectivity index (χ3n) is 4.76. The number of anilines is 1. The molecule has 0 saturated heterocycles. The zero-order valence-electron chi connectivity index (χ0n) is 17.1. The molecule has 0 fully saturated rings. The Morgan fingerprint density at radius 2 is 1.72 bits per heavy atom. The Kier molecular flexibility index (Phi) is 6.62. The molecule has 0 aromatic heterocycles. The molecule has 150 valence electrons. The van der Waals surface area contributed by atoms with Gasteiger partial charge in [-0.2, -0.15) is 0 Å². The van der Waals surface area contributed by atoms with Crippen LogP contribution in [0.5, 0.6) is 0 Å². The average Bonchev–Trinajstić information content (AvgIpc) is 2.72. The summed E-state index contributed by atoms with van der Waals surface area (Å²) in [5, 5.41) is 11.2. The molecule has 5 heteroatoms. The molecule has 0 aliphatic heterocycles. The van der Waals surface area contributed by atoms with Gasteiger partial charge in [0, 0.05) is 23.8 Å². The van der Waals surface area contributed by atoms with Gasteiger partial charge in [-0.3, -0.25) is 9.59 Å². The Bertz CT molecular complexity index is 1020. The number of hydrogen-bond acceptors (Lipinski definition) is 3. The van der Waals surface area contributed by atoms with Crippen LogP contribution >= 0.6 is 0 Å². The lowest BCUT2D eigenvalue weighted by Crippen LogP contribution is -2.32. The molecule has 29 heavy (non-hydrogen) atoms. The lowest BCUT2D eigenvalue weighted by molar-refractivity contribution is -0.115. The van der Waals surface area contributed by atoms with E-state index >= 15 is 0 Å². The first-order valence-corrected chi connectivity index (χ1v) is 9.83. The van der Waals surface area contributed by atoms with Gasteiger partial charge in [-0.15, -0.1) is 0 Å². The summed E-state index contributed by atoms with van der Waals surface area (Å²) < 4.78 is 0. The zero-order chi connectivity index (χ0) is 20.8. The van der Waals surface area contributed by atoms with Gasteiger partial charge in [0.25, 0.3) is 5.91 Å². The maximum atomic E-state index is 12.8. The fourth-order valence-electron chi connectivity index (χ4n) is 3.16. The number of carbonyl (C=O) groups is 2. The monoisotopic (exact) mass is 389 g/mol. The SMILES string of the molecule is Cc1ccc(NC(=O)CNC(C)C)cc1C(=O)NCc1cccc2ccccc12. The Hall–Kier alpha value is -3.18. The molecule has 5 nitrogen and oxygen atoms in total. The second-order valence-corrected chi connectivity index (χ2v) is 7.43. The number of hydrogen-bond donors (Lipinski definition) is 3. The van der Waals surface area contributed by atoms with Crippen LogP contribution in [0.4, 0.5) is 5.69 Å². The standard InChI is InChI=1S/C24H27N3O2/c1-16(2)25-15-23(28)27-20-12-11-17(3)22(13-20)24(29)26-14-19-9-6-8-18-7-4-5-10-21(18)19/h4-13,16,25H,14-15H2,1-3H3,(H,26,29)(H,27,28). The van der Waals surface area contributed by atoms with Crippen molar-refractivity contribution in [3.05, 3.63) is 77.4 Å². The van der Waals surface area contributed by atoms with E-state index < -0.39 is 0 Å². The van der Waals surface area contributed by atoms with Gasteiger partial charge in [0.1, 0.15) is 0 Å². The summed E-state index contributed by atoms with van der Waals surface area (Å²) in [5.74, 6) is -0.295. The van der Waals surface area contributed by atoms with Crippen molar-refractivity contribution in [3.63, 3.8) is 0 Å². The Morgan fingerprint density at radius 3 is 2.52 bits per heavy atom. The number of amides is 2. The van der Waals surface area contributed by atoms with Gasteiger partial charge in [-0.05, 0) is 41.0 Å². The second-order valence-electron chi connectivity index (χ2n) is 7.43. The van der Waals surface area contributed by atoms with Crippen LogP contribution < -0.4 is 16.0 Å². The van der Waals surface area contributed by atoms with Crippen LogP contribution in [0.1, 0.15) is 35.3 Å². The molecule has 0 saturated carbocycles. The van der Waals surface area contributed by atoms with Gasteiger partial charge < -0.3 is 16.0 Å². The van der Waals surface area contributed by atoms with E-state index in [0.717, 1.165) is 21.9 Å². The summed E-state index contributed by atoms with van der Waals surface area (Å²) in [4.78, 5) is 24.8. The number of fused-ring (bicyclic) bond motifs is 1. The highest BCUT2D eigenvalue weighted by Gasteiger charge is 2.12. The van der Waals surface area contributed by atoms with Crippen LogP contribution in [0.2, 0.25) is 0 Å². The number of carbonyl (C=O) groups excluding carboxylic acids is 2. The molecule has 0 spiro atoms. The summed E-state index contributed by atoms with van der Waals surface area (Å²) in [7, 11) is 0. The Balaban J connectivity index is 1.69. The third-order valence-corrected chi connectivity index (χ3v) is 4.76. The van der Waals surface area contributed by atoms with Gasteiger partial charge >= 0.3 is 0 Å². The molecule has 0 radical (unpaired) electrons. The van der Waals surface area contributed by atoms with Gasteiger partial charge in [-0.25, -0.2) is 0 Å². The minimum Gasteiger partial charge on any atom is -0.348 e. The van der Waals surface area contributed by atoms with Crippen molar-refractivity contribution in [1.82, 2.24) is 10.6 Å². The average molecular weight is 389 g/mol. The topological polar surface area (TPSA) is 70.2 Å². The van der Waals surface area contributed by atoms with E-state index in [-0.39, 0.29) is 24.4 Å². The minimum atomic E-state index is -0.160. The molecule has 0 bridgehead atoms. The van der Waals surface area contributed by atoms with Gasteiger partial charge in [0.05, 0.1) is 6.54 Å². The first-order valence-electron chi connectivity index (χ1n) is 9.83. The van der Waals surface area contributed by atoms with Crippen molar-refractivity contribution in [3.8, 4) is 0 Å². The molecule has 0 unspecified atom stereocenters. The Labute approximate surface area is 171 Å². The van der Waals surface area contributed by atoms with Crippen LogP contribution in [0.15, 0.2) is 60.7 Å². The number of benzene rings is 3. The molecule has 0 heterocycles. The highest BCUT2D eigenvalue weighted by Crippen LogP contribution is 2.19. The zero-order valence-corrected chi connectivity index (χ0v) is 17.1. The second kappa shape index (κ2) is 9.34. The van der Waals surface area contributed by atoms with Crippen LogP contribution in [-0.4, -0.2) is 24.4 Å². The molecule has 2 amide bonds. The maximum Gasteiger partial charge on any atom is 0.251 e. The lowest BCUT2D eigenvalue weighted by atomic mass is 10.0. The van der Waals surface area contributed by atoms with Crippen molar-refractivity contribution in [2.45, 2.75) is 33.4 Å². The van der Waals surface area contributed by atoms with E-state index in [1.54, 1.807) is 6.07 Å². The van der Waals surface area contributed by atoms with Gasteiger partial charge in [0.2, 0.25) is 5.91 Å². The molecule has 3 N–H and O–H groups in total. The molecule has 3 aromatic rings. The first kappa shape index (κ1) is 20.6. The molecule has 0 atom stereocenters. The van der Waals surface area contributed by atoms with E-state index in [1.807, 2.05) is 57.2 Å². The third kappa shape index (κ3) is 5.42. The molecular weight excluding hydrogens is 362 g/mol. The largest absolute Gasteiger partial charge is 0.348 e. The normalized spacial score (nSPS) is 10.9. The van der Waals surface area contributed by atoms with E-state index in [1.165, 1.54) is 0 Å². The van der Waals surface area contributed by atoms with Crippen molar-refractivity contribution >= 4 is 28.3 Å².